The van der Waals surface area contributed by atoms with E-state index in [2.05, 4.69) is 10.2 Å². The molecule has 0 aliphatic carbocycles. The number of halogens is 3. The number of hydrogen-bond donors (Lipinski definition) is 1. The van der Waals surface area contributed by atoms with Crippen molar-refractivity contribution in [2.75, 3.05) is 18.0 Å². The van der Waals surface area contributed by atoms with E-state index >= 15 is 0 Å². The maximum Gasteiger partial charge on any atom is 0.391 e. The van der Waals surface area contributed by atoms with Crippen molar-refractivity contribution in [1.82, 2.24) is 10.2 Å². The third kappa shape index (κ3) is 3.12. The van der Waals surface area contributed by atoms with Crippen LogP contribution in [-0.4, -0.2) is 35.4 Å². The van der Waals surface area contributed by atoms with Gasteiger partial charge in [-0.3, -0.25) is 4.79 Å². The molecule has 2 rings (SSSR count). The van der Waals surface area contributed by atoms with Gasteiger partial charge < -0.3 is 10.6 Å². The van der Waals surface area contributed by atoms with E-state index in [4.69, 9.17) is 5.73 Å². The lowest BCUT2D eigenvalue weighted by molar-refractivity contribution is -0.179. The Hall–Kier alpha value is -1.86. The molecule has 2 heterocycles. The third-order valence-electron chi connectivity index (χ3n) is 3.18. The van der Waals surface area contributed by atoms with Gasteiger partial charge in [0.25, 0.3) is 5.91 Å². The van der Waals surface area contributed by atoms with Crippen molar-refractivity contribution in [3.05, 3.63) is 17.8 Å². The molecule has 2 N–H and O–H groups in total. The number of nitrogens with zero attached hydrogens (tertiary/aromatic N) is 3. The fourth-order valence-electron chi connectivity index (χ4n) is 2.06. The van der Waals surface area contributed by atoms with Crippen molar-refractivity contribution < 1.29 is 18.0 Å². The van der Waals surface area contributed by atoms with E-state index in [1.165, 1.54) is 6.07 Å². The van der Waals surface area contributed by atoms with E-state index in [-0.39, 0.29) is 31.6 Å². The monoisotopic (exact) mass is 274 g/mol. The zero-order chi connectivity index (χ0) is 14.0. The molecule has 1 saturated heterocycles. The largest absolute Gasteiger partial charge is 0.391 e. The number of alkyl halides is 3. The standard InChI is InChI=1S/C11H13F3N4O/c12-11(13,14)7-3-5-18(6-4-7)9-2-1-8(10(15)19)16-17-9/h1-2,7H,3-6H2,(H2,15,19). The Morgan fingerprint density at radius 2 is 1.89 bits per heavy atom. The molecule has 0 aromatic carbocycles. The van der Waals surface area contributed by atoms with Crippen molar-refractivity contribution in [3.63, 3.8) is 0 Å². The zero-order valence-corrected chi connectivity index (χ0v) is 10.0. The molecular formula is C11H13F3N4O. The predicted molar refractivity (Wildman–Crippen MR) is 61.5 cm³/mol. The summed E-state index contributed by atoms with van der Waals surface area (Å²) in [5.74, 6) is -1.47. The molecule has 19 heavy (non-hydrogen) atoms. The number of aromatic nitrogens is 2. The van der Waals surface area contributed by atoms with Crippen LogP contribution < -0.4 is 10.6 Å². The van der Waals surface area contributed by atoms with Crippen LogP contribution in [0.1, 0.15) is 23.3 Å². The Morgan fingerprint density at radius 3 is 2.32 bits per heavy atom. The molecule has 0 spiro atoms. The minimum Gasteiger partial charge on any atom is -0.364 e. The Labute approximate surface area is 107 Å². The molecule has 0 radical (unpaired) electrons. The number of amides is 1. The van der Waals surface area contributed by atoms with Crippen LogP contribution >= 0.6 is 0 Å². The smallest absolute Gasteiger partial charge is 0.364 e. The number of carbonyl (C=O) groups is 1. The lowest BCUT2D eigenvalue weighted by atomic mass is 9.96. The lowest BCUT2D eigenvalue weighted by Crippen LogP contribution is -2.39. The second-order valence-corrected chi connectivity index (χ2v) is 4.44. The van der Waals surface area contributed by atoms with Gasteiger partial charge in [-0.1, -0.05) is 0 Å². The molecule has 8 heteroatoms. The van der Waals surface area contributed by atoms with Gasteiger partial charge in [0, 0.05) is 13.1 Å². The van der Waals surface area contributed by atoms with E-state index in [0.29, 0.717) is 5.82 Å². The molecule has 1 aromatic rings. The Balaban J connectivity index is 2.00. The summed E-state index contributed by atoms with van der Waals surface area (Å²) in [6.45, 7) is 0.545. The first-order chi connectivity index (χ1) is 8.88. The molecule has 0 atom stereocenters. The molecule has 1 amide bonds. The van der Waals surface area contributed by atoms with Crippen molar-refractivity contribution in [1.29, 1.82) is 0 Å². The van der Waals surface area contributed by atoms with Gasteiger partial charge in [-0.05, 0) is 25.0 Å². The molecule has 0 bridgehead atoms. The van der Waals surface area contributed by atoms with Crippen molar-refractivity contribution in [3.8, 4) is 0 Å². The van der Waals surface area contributed by atoms with E-state index in [9.17, 15) is 18.0 Å². The SMILES string of the molecule is NC(=O)c1ccc(N2CCC(C(F)(F)F)CC2)nn1. The van der Waals surface area contributed by atoms with Gasteiger partial charge in [0.15, 0.2) is 11.5 Å². The first-order valence-electron chi connectivity index (χ1n) is 5.83. The topological polar surface area (TPSA) is 72.1 Å². The minimum atomic E-state index is -4.13. The Morgan fingerprint density at radius 1 is 1.26 bits per heavy atom. The average molecular weight is 274 g/mol. The van der Waals surface area contributed by atoms with Crippen LogP contribution in [0, 0.1) is 5.92 Å². The van der Waals surface area contributed by atoms with Crippen molar-refractivity contribution in [2.24, 2.45) is 11.7 Å². The molecule has 1 aromatic heterocycles. The van der Waals surface area contributed by atoms with E-state index < -0.39 is 18.0 Å². The number of anilines is 1. The summed E-state index contributed by atoms with van der Waals surface area (Å²) in [6.07, 6.45) is -4.04. The second kappa shape index (κ2) is 5.02. The number of piperidine rings is 1. The summed E-state index contributed by atoms with van der Waals surface area (Å²) in [5.41, 5.74) is 5.06. The van der Waals surface area contributed by atoms with Gasteiger partial charge in [0.1, 0.15) is 0 Å². The minimum absolute atomic E-state index is 0.0360. The van der Waals surface area contributed by atoms with Gasteiger partial charge in [-0.15, -0.1) is 10.2 Å². The van der Waals surface area contributed by atoms with Crippen LogP contribution in [0.2, 0.25) is 0 Å². The van der Waals surface area contributed by atoms with Crippen molar-refractivity contribution >= 4 is 11.7 Å². The highest BCUT2D eigenvalue weighted by molar-refractivity contribution is 5.90. The van der Waals surface area contributed by atoms with Crippen LogP contribution in [-0.2, 0) is 0 Å². The highest BCUT2D eigenvalue weighted by Gasteiger charge is 2.41. The fraction of sp³-hybridized carbons (Fsp3) is 0.545. The summed E-state index contributed by atoms with van der Waals surface area (Å²) in [5, 5.41) is 7.44. The third-order valence-corrected chi connectivity index (χ3v) is 3.18. The summed E-state index contributed by atoms with van der Waals surface area (Å²) < 4.78 is 37.5. The highest BCUT2D eigenvalue weighted by atomic mass is 19.4. The zero-order valence-electron chi connectivity index (χ0n) is 10.0. The molecule has 104 valence electrons. The first-order valence-corrected chi connectivity index (χ1v) is 5.83. The number of rotatable bonds is 2. The van der Waals surface area contributed by atoms with E-state index in [1.807, 2.05) is 0 Å². The van der Waals surface area contributed by atoms with Crippen molar-refractivity contribution in [2.45, 2.75) is 19.0 Å². The molecule has 5 nitrogen and oxygen atoms in total. The molecule has 0 saturated carbocycles. The van der Waals surface area contributed by atoms with Gasteiger partial charge in [-0.25, -0.2) is 0 Å². The molecule has 0 unspecified atom stereocenters. The number of carbonyl (C=O) groups excluding carboxylic acids is 1. The first kappa shape index (κ1) is 13.6. The summed E-state index contributed by atoms with van der Waals surface area (Å²) in [4.78, 5) is 12.5. The quantitative estimate of drug-likeness (QED) is 0.883. The van der Waals surface area contributed by atoms with Gasteiger partial charge >= 0.3 is 6.18 Å². The van der Waals surface area contributed by atoms with E-state index in [0.717, 1.165) is 0 Å². The molecule has 1 aliphatic rings. The summed E-state index contributed by atoms with van der Waals surface area (Å²) >= 11 is 0. The normalized spacial score (nSPS) is 17.5. The second-order valence-electron chi connectivity index (χ2n) is 4.44. The maximum absolute atomic E-state index is 12.5. The fourth-order valence-corrected chi connectivity index (χ4v) is 2.06. The average Bonchev–Trinajstić information content (AvgIpc) is 2.38. The Kier molecular flexibility index (Phi) is 3.59. The summed E-state index contributed by atoms with van der Waals surface area (Å²) in [7, 11) is 0. The Bertz CT molecular complexity index is 452. The number of nitrogens with two attached hydrogens (primary N) is 1. The number of primary amides is 1. The maximum atomic E-state index is 12.5. The molecular weight excluding hydrogens is 261 g/mol. The van der Waals surface area contributed by atoms with Crippen LogP contribution in [0.5, 0.6) is 0 Å². The van der Waals surface area contributed by atoms with Crippen LogP contribution in [0.15, 0.2) is 12.1 Å². The summed E-state index contributed by atoms with van der Waals surface area (Å²) in [6, 6.07) is 2.96. The molecule has 1 fully saturated rings. The van der Waals surface area contributed by atoms with Crippen LogP contribution in [0.3, 0.4) is 0 Å². The lowest BCUT2D eigenvalue weighted by Gasteiger charge is -2.33. The highest BCUT2D eigenvalue weighted by Crippen LogP contribution is 2.34. The van der Waals surface area contributed by atoms with Gasteiger partial charge in [0.05, 0.1) is 5.92 Å². The van der Waals surface area contributed by atoms with Crippen LogP contribution in [0.4, 0.5) is 19.0 Å². The predicted octanol–water partition coefficient (Wildman–Crippen LogP) is 1.35. The van der Waals surface area contributed by atoms with E-state index in [1.54, 1.807) is 11.0 Å². The van der Waals surface area contributed by atoms with Crippen LogP contribution in [0.25, 0.3) is 0 Å². The van der Waals surface area contributed by atoms with Gasteiger partial charge in [0.2, 0.25) is 0 Å². The number of hydrogen-bond acceptors (Lipinski definition) is 4. The molecule has 1 aliphatic heterocycles. The van der Waals surface area contributed by atoms with Gasteiger partial charge in [-0.2, -0.15) is 13.2 Å².